The molecule has 0 saturated heterocycles. The maximum absolute atomic E-state index is 5.81. The Labute approximate surface area is 103 Å². The second-order valence-electron chi connectivity index (χ2n) is 4.35. The molecule has 0 aliphatic rings. The van der Waals surface area contributed by atoms with Crippen LogP contribution in [0, 0.1) is 13.8 Å². The first kappa shape index (κ1) is 11.7. The molecule has 0 fully saturated rings. The fourth-order valence-electron chi connectivity index (χ4n) is 1.71. The summed E-state index contributed by atoms with van der Waals surface area (Å²) in [6, 6.07) is 14.4. The summed E-state index contributed by atoms with van der Waals surface area (Å²) in [5, 5.41) is 0. The number of hydrogen-bond acceptors (Lipinski definition) is 1. The van der Waals surface area contributed by atoms with Gasteiger partial charge in [0.25, 0.3) is 0 Å². The summed E-state index contributed by atoms with van der Waals surface area (Å²) in [5.74, 6) is 1.79. The highest BCUT2D eigenvalue weighted by Gasteiger charge is 1.99. The molecule has 0 aliphatic heterocycles. The fourth-order valence-corrected chi connectivity index (χ4v) is 1.71. The van der Waals surface area contributed by atoms with E-state index in [0.29, 0.717) is 0 Å². The summed E-state index contributed by atoms with van der Waals surface area (Å²) in [6.07, 6.45) is 1.06. The molecule has 0 unspecified atom stereocenters. The lowest BCUT2D eigenvalue weighted by atomic mass is 10.1. The SMILES string of the molecule is CCc1ccc(Oc2ccc(C)c(C)c2)cc1. The Morgan fingerprint density at radius 2 is 1.47 bits per heavy atom. The molecule has 2 rings (SSSR count). The first-order valence-corrected chi connectivity index (χ1v) is 6.03. The van der Waals surface area contributed by atoms with Gasteiger partial charge in [0, 0.05) is 0 Å². The monoisotopic (exact) mass is 226 g/mol. The summed E-state index contributed by atoms with van der Waals surface area (Å²) >= 11 is 0. The molecular weight excluding hydrogens is 208 g/mol. The van der Waals surface area contributed by atoms with Gasteiger partial charge in [-0.25, -0.2) is 0 Å². The highest BCUT2D eigenvalue weighted by Crippen LogP contribution is 2.23. The van der Waals surface area contributed by atoms with Crippen LogP contribution in [-0.2, 0) is 6.42 Å². The third kappa shape index (κ3) is 2.88. The van der Waals surface area contributed by atoms with Crippen LogP contribution < -0.4 is 4.74 Å². The van der Waals surface area contributed by atoms with Crippen LogP contribution in [0.15, 0.2) is 42.5 Å². The average Bonchev–Trinajstić information content (AvgIpc) is 2.35. The average molecular weight is 226 g/mol. The van der Waals surface area contributed by atoms with E-state index in [0.717, 1.165) is 17.9 Å². The van der Waals surface area contributed by atoms with Gasteiger partial charge in [0.05, 0.1) is 0 Å². The fraction of sp³-hybridized carbons (Fsp3) is 0.250. The lowest BCUT2D eigenvalue weighted by Gasteiger charge is -2.08. The highest BCUT2D eigenvalue weighted by molar-refractivity contribution is 5.37. The molecule has 0 spiro atoms. The lowest BCUT2D eigenvalue weighted by Crippen LogP contribution is -1.87. The molecule has 1 nitrogen and oxygen atoms in total. The first-order chi connectivity index (χ1) is 8.19. The third-order valence-corrected chi connectivity index (χ3v) is 3.05. The number of hydrogen-bond donors (Lipinski definition) is 0. The molecule has 17 heavy (non-hydrogen) atoms. The second-order valence-corrected chi connectivity index (χ2v) is 4.35. The van der Waals surface area contributed by atoms with Gasteiger partial charge in [0.2, 0.25) is 0 Å². The minimum Gasteiger partial charge on any atom is -0.457 e. The van der Waals surface area contributed by atoms with E-state index in [9.17, 15) is 0 Å². The van der Waals surface area contributed by atoms with Crippen LogP contribution >= 0.6 is 0 Å². The molecule has 2 aromatic carbocycles. The van der Waals surface area contributed by atoms with Crippen molar-refractivity contribution in [3.05, 3.63) is 59.2 Å². The molecule has 0 N–H and O–H groups in total. The van der Waals surface area contributed by atoms with Gasteiger partial charge in [0.15, 0.2) is 0 Å². The van der Waals surface area contributed by atoms with E-state index in [1.54, 1.807) is 0 Å². The molecule has 88 valence electrons. The van der Waals surface area contributed by atoms with Crippen LogP contribution in [0.25, 0.3) is 0 Å². The van der Waals surface area contributed by atoms with Crippen molar-refractivity contribution in [1.29, 1.82) is 0 Å². The molecule has 0 radical (unpaired) electrons. The molecular formula is C16H18O. The normalized spacial score (nSPS) is 10.3. The topological polar surface area (TPSA) is 9.23 Å². The van der Waals surface area contributed by atoms with Gasteiger partial charge < -0.3 is 4.74 Å². The molecule has 0 saturated carbocycles. The first-order valence-electron chi connectivity index (χ1n) is 6.03. The van der Waals surface area contributed by atoms with Gasteiger partial charge in [-0.2, -0.15) is 0 Å². The number of aryl methyl sites for hydroxylation is 3. The van der Waals surface area contributed by atoms with Crippen molar-refractivity contribution in [3.8, 4) is 11.5 Å². The summed E-state index contributed by atoms with van der Waals surface area (Å²) in [6.45, 7) is 6.36. The van der Waals surface area contributed by atoms with Crippen molar-refractivity contribution < 1.29 is 4.74 Å². The highest BCUT2D eigenvalue weighted by atomic mass is 16.5. The summed E-state index contributed by atoms with van der Waals surface area (Å²) < 4.78 is 5.81. The van der Waals surface area contributed by atoms with Crippen LogP contribution in [0.5, 0.6) is 11.5 Å². The van der Waals surface area contributed by atoms with Crippen molar-refractivity contribution in [2.45, 2.75) is 27.2 Å². The van der Waals surface area contributed by atoms with E-state index in [4.69, 9.17) is 4.74 Å². The second kappa shape index (κ2) is 5.05. The maximum atomic E-state index is 5.81. The molecule has 1 heteroatoms. The standard InChI is InChI=1S/C16H18O/c1-4-14-6-9-15(10-7-14)17-16-8-5-12(2)13(3)11-16/h5-11H,4H2,1-3H3. The molecule has 0 heterocycles. The van der Waals surface area contributed by atoms with Crippen LogP contribution in [0.4, 0.5) is 0 Å². The zero-order valence-corrected chi connectivity index (χ0v) is 10.7. The Bertz CT molecular complexity index is 497. The molecule has 0 amide bonds. The van der Waals surface area contributed by atoms with Crippen molar-refractivity contribution in [2.75, 3.05) is 0 Å². The van der Waals surface area contributed by atoms with E-state index >= 15 is 0 Å². The molecule has 2 aromatic rings. The van der Waals surface area contributed by atoms with Crippen molar-refractivity contribution in [1.82, 2.24) is 0 Å². The van der Waals surface area contributed by atoms with E-state index < -0.39 is 0 Å². The molecule has 0 aromatic heterocycles. The number of rotatable bonds is 3. The predicted molar refractivity (Wildman–Crippen MR) is 71.8 cm³/mol. The van der Waals surface area contributed by atoms with Crippen LogP contribution in [0.3, 0.4) is 0 Å². The number of benzene rings is 2. The summed E-state index contributed by atoms with van der Waals surface area (Å²) in [7, 11) is 0. The quantitative estimate of drug-likeness (QED) is 0.739. The zero-order valence-electron chi connectivity index (χ0n) is 10.7. The Morgan fingerprint density at radius 1 is 0.824 bits per heavy atom. The minimum absolute atomic E-state index is 0.894. The van der Waals surface area contributed by atoms with Crippen LogP contribution in [-0.4, -0.2) is 0 Å². The molecule has 0 atom stereocenters. The van der Waals surface area contributed by atoms with Gasteiger partial charge in [-0.15, -0.1) is 0 Å². The zero-order chi connectivity index (χ0) is 12.3. The van der Waals surface area contributed by atoms with Crippen LogP contribution in [0.1, 0.15) is 23.6 Å². The molecule has 0 bridgehead atoms. The largest absolute Gasteiger partial charge is 0.457 e. The van der Waals surface area contributed by atoms with Gasteiger partial charge in [-0.3, -0.25) is 0 Å². The smallest absolute Gasteiger partial charge is 0.127 e. The van der Waals surface area contributed by atoms with E-state index in [2.05, 4.69) is 45.0 Å². The minimum atomic E-state index is 0.894. The van der Waals surface area contributed by atoms with E-state index in [1.807, 2.05) is 18.2 Å². The Morgan fingerprint density at radius 3 is 2.06 bits per heavy atom. The predicted octanol–water partition coefficient (Wildman–Crippen LogP) is 4.66. The van der Waals surface area contributed by atoms with Crippen molar-refractivity contribution >= 4 is 0 Å². The summed E-state index contributed by atoms with van der Waals surface area (Å²) in [4.78, 5) is 0. The Hall–Kier alpha value is -1.76. The molecule has 0 aliphatic carbocycles. The maximum Gasteiger partial charge on any atom is 0.127 e. The van der Waals surface area contributed by atoms with Gasteiger partial charge in [-0.1, -0.05) is 25.1 Å². The van der Waals surface area contributed by atoms with E-state index in [-0.39, 0.29) is 0 Å². The van der Waals surface area contributed by atoms with Gasteiger partial charge >= 0.3 is 0 Å². The Kier molecular flexibility index (Phi) is 3.48. The van der Waals surface area contributed by atoms with E-state index in [1.165, 1.54) is 16.7 Å². The van der Waals surface area contributed by atoms with Gasteiger partial charge in [0.1, 0.15) is 11.5 Å². The van der Waals surface area contributed by atoms with Gasteiger partial charge in [-0.05, 0) is 61.2 Å². The van der Waals surface area contributed by atoms with Crippen LogP contribution in [0.2, 0.25) is 0 Å². The Balaban J connectivity index is 2.16. The van der Waals surface area contributed by atoms with Crippen molar-refractivity contribution in [3.63, 3.8) is 0 Å². The lowest BCUT2D eigenvalue weighted by molar-refractivity contribution is 0.482. The summed E-state index contributed by atoms with van der Waals surface area (Å²) in [5.41, 5.74) is 3.88. The number of ether oxygens (including phenoxy) is 1. The third-order valence-electron chi connectivity index (χ3n) is 3.05. The van der Waals surface area contributed by atoms with Crippen molar-refractivity contribution in [2.24, 2.45) is 0 Å².